The number of rotatable bonds is 3. The zero-order valence-electron chi connectivity index (χ0n) is 30.1. The highest BCUT2D eigenvalue weighted by atomic mass is 16.3. The van der Waals surface area contributed by atoms with Crippen molar-refractivity contribution >= 4 is 27.6 Å². The van der Waals surface area contributed by atoms with Crippen molar-refractivity contribution < 1.29 is 25.4 Å². The minimum Gasteiger partial charge on any atom is -0.456 e. The number of aromatic nitrogens is 1. The van der Waals surface area contributed by atoms with E-state index >= 15 is 0 Å². The van der Waals surface area contributed by atoms with E-state index in [4.69, 9.17) is 26.1 Å². The van der Waals surface area contributed by atoms with E-state index in [0.717, 1.165) is 6.92 Å². The van der Waals surface area contributed by atoms with E-state index in [-0.39, 0.29) is 33.8 Å². The monoisotopic (exact) mass is 423 g/mol. The molecule has 0 radical (unpaired) electrons. The van der Waals surface area contributed by atoms with Gasteiger partial charge in [0.05, 0.1) is 13.5 Å². The molecule has 0 N–H and O–H groups in total. The normalized spacial score (nSPS) is 22.5. The molecule has 0 amide bonds. The largest absolute Gasteiger partial charge is 0.456 e. The van der Waals surface area contributed by atoms with Gasteiger partial charge in [0.2, 0.25) is 5.69 Å². The molecule has 4 aromatic rings. The number of pyridine rings is 1. The molecule has 158 valence electrons. The van der Waals surface area contributed by atoms with Crippen LogP contribution >= 0.6 is 0 Å². The molecule has 4 rings (SSSR count). The molecule has 3 nitrogen and oxygen atoms in total. The van der Waals surface area contributed by atoms with Gasteiger partial charge in [0, 0.05) is 49.9 Å². The van der Waals surface area contributed by atoms with Gasteiger partial charge in [0.15, 0.2) is 11.4 Å². The predicted molar refractivity (Wildman–Crippen MR) is 129 cm³/mol. The number of furan rings is 1. The van der Waals surface area contributed by atoms with E-state index < -0.39 is 49.5 Å². The summed E-state index contributed by atoms with van der Waals surface area (Å²) in [6.45, 7) is 4.49. The van der Waals surface area contributed by atoms with Gasteiger partial charge in [-0.3, -0.25) is 0 Å². The summed E-state index contributed by atoms with van der Waals surface area (Å²) in [5, 5.41) is 0.914. The molecule has 0 aliphatic carbocycles. The molecule has 0 saturated heterocycles. The van der Waals surface area contributed by atoms with Gasteiger partial charge >= 0.3 is 0 Å². The molecule has 2 aromatic heterocycles. The van der Waals surface area contributed by atoms with Gasteiger partial charge < -0.3 is 4.42 Å². The Morgan fingerprint density at radius 3 is 2.48 bits per heavy atom. The Bertz CT molecular complexity index is 1830. The molecule has 0 fully saturated rings. The average molecular weight is 424 g/mol. The first kappa shape index (κ1) is 11.0. The molecular weight excluding hydrogens is 380 g/mol. The van der Waals surface area contributed by atoms with Crippen LogP contribution in [0.5, 0.6) is 0 Å². The Morgan fingerprint density at radius 2 is 1.81 bits per heavy atom. The maximum Gasteiger partial charge on any atom is 0.216 e. The van der Waals surface area contributed by atoms with Crippen molar-refractivity contribution in [2.45, 2.75) is 60.0 Å². The van der Waals surface area contributed by atoms with Crippen LogP contribution < -0.4 is 4.57 Å². The topological polar surface area (TPSA) is 21.4 Å². The van der Waals surface area contributed by atoms with E-state index in [1.807, 2.05) is 0 Å². The first-order valence-electron chi connectivity index (χ1n) is 15.8. The summed E-state index contributed by atoms with van der Waals surface area (Å²) in [6, 6.07) is 6.01. The predicted octanol–water partition coefficient (Wildman–Crippen LogP) is 7.80. The molecule has 2 aromatic carbocycles. The fourth-order valence-corrected chi connectivity index (χ4v) is 4.03. The highest BCUT2D eigenvalue weighted by Gasteiger charge is 2.26. The number of benzene rings is 2. The lowest BCUT2D eigenvalue weighted by Gasteiger charge is -2.14. The molecule has 0 aliphatic rings. The van der Waals surface area contributed by atoms with Crippen molar-refractivity contribution in [1.29, 1.82) is 0 Å². The Balaban J connectivity index is 2.27. The highest BCUT2D eigenvalue weighted by molar-refractivity contribution is 6.11. The van der Waals surface area contributed by atoms with Gasteiger partial charge in [-0.25, -0.2) is 4.85 Å². The second-order valence-corrected chi connectivity index (χ2v) is 7.80. The van der Waals surface area contributed by atoms with Crippen LogP contribution in [0.15, 0.2) is 34.7 Å². The SMILES string of the molecule is [2H]c1c(C([2H])(C)C([2H])([2H])[2H])c(C([2H])([2H])[2H])c(C)[n+](C)c1-c1c(C)ccc2c1oc1c(C([2H])(C)C([2H])([2H])[2H])c([N+]#[C-])ccc12. The number of hydrogen-bond acceptors (Lipinski definition) is 1. The molecule has 31 heavy (non-hydrogen) atoms. The number of hydrogen-bond donors (Lipinski definition) is 0. The Morgan fingerprint density at radius 1 is 1.10 bits per heavy atom. The zero-order chi connectivity index (χ0) is 32.8. The maximum absolute atomic E-state index is 9.25. The molecule has 0 aliphatic heterocycles. The minimum absolute atomic E-state index is 0.0158. The van der Waals surface area contributed by atoms with Crippen LogP contribution in [-0.4, -0.2) is 0 Å². The Kier molecular flexibility index (Phi) is 2.66. The van der Waals surface area contributed by atoms with Gasteiger partial charge in [-0.2, -0.15) is 4.57 Å². The summed E-state index contributed by atoms with van der Waals surface area (Å²) in [7, 11) is 1.54. The van der Waals surface area contributed by atoms with Crippen LogP contribution in [0.3, 0.4) is 0 Å². The van der Waals surface area contributed by atoms with Crippen LogP contribution in [0, 0.1) is 27.3 Å². The van der Waals surface area contributed by atoms with Gasteiger partial charge in [-0.1, -0.05) is 51.8 Å². The van der Waals surface area contributed by atoms with Crippen LogP contribution in [0.4, 0.5) is 5.69 Å². The molecule has 0 saturated carbocycles. The molecule has 2 atom stereocenters. The van der Waals surface area contributed by atoms with Crippen molar-refractivity contribution in [2.24, 2.45) is 7.05 Å². The molecule has 2 unspecified atom stereocenters. The van der Waals surface area contributed by atoms with Crippen LogP contribution in [0.25, 0.3) is 38.0 Å². The van der Waals surface area contributed by atoms with Crippen LogP contribution in [-0.2, 0) is 7.05 Å². The third-order valence-corrected chi connectivity index (χ3v) is 5.80. The zero-order valence-corrected chi connectivity index (χ0v) is 18.1. The quantitative estimate of drug-likeness (QED) is 0.243. The summed E-state index contributed by atoms with van der Waals surface area (Å²) >= 11 is 0. The smallest absolute Gasteiger partial charge is 0.216 e. The maximum atomic E-state index is 9.25. The van der Waals surface area contributed by atoms with E-state index in [1.165, 1.54) is 31.5 Å². The van der Waals surface area contributed by atoms with Crippen molar-refractivity contribution in [3.05, 3.63) is 69.7 Å². The molecule has 2 heterocycles. The lowest BCUT2D eigenvalue weighted by molar-refractivity contribution is -0.667. The number of fused-ring (bicyclic) bond motifs is 3. The second kappa shape index (κ2) is 7.54. The van der Waals surface area contributed by atoms with E-state index in [0.29, 0.717) is 21.9 Å². The molecule has 0 spiro atoms. The summed E-state index contributed by atoms with van der Waals surface area (Å²) in [4.78, 5) is 3.46. The summed E-state index contributed by atoms with van der Waals surface area (Å²) in [6.07, 6.45) is 0. The van der Waals surface area contributed by atoms with E-state index in [2.05, 4.69) is 4.85 Å². The first-order valence-corrected chi connectivity index (χ1v) is 9.82. The van der Waals surface area contributed by atoms with Gasteiger partial charge in [-0.15, -0.1) is 0 Å². The van der Waals surface area contributed by atoms with Crippen LogP contribution in [0.2, 0.25) is 0 Å². The van der Waals surface area contributed by atoms with Gasteiger partial charge in [-0.05, 0) is 36.7 Å². The third kappa shape index (κ3) is 3.13. The van der Waals surface area contributed by atoms with E-state index in [9.17, 15) is 1.37 Å². The summed E-state index contributed by atoms with van der Waals surface area (Å²) in [5.41, 5.74) is 0.272. The van der Waals surface area contributed by atoms with E-state index in [1.54, 1.807) is 25.1 Å². The third-order valence-electron chi connectivity index (χ3n) is 5.80. The van der Waals surface area contributed by atoms with Crippen molar-refractivity contribution in [1.82, 2.24) is 0 Å². The molecular formula is C28H31N2O+. The number of aryl methyl sites for hydroxylation is 1. The van der Waals surface area contributed by atoms with Crippen molar-refractivity contribution in [2.75, 3.05) is 0 Å². The van der Waals surface area contributed by atoms with Crippen LogP contribution in [0.1, 0.15) is 83.7 Å². The van der Waals surface area contributed by atoms with Gasteiger partial charge in [0.25, 0.3) is 0 Å². The minimum atomic E-state index is -2.98. The van der Waals surface area contributed by atoms with Gasteiger partial charge in [0.1, 0.15) is 18.2 Å². The lowest BCUT2D eigenvalue weighted by Crippen LogP contribution is -2.36. The first-order chi connectivity index (χ1) is 19.4. The Labute approximate surface area is 202 Å². The highest BCUT2D eigenvalue weighted by Crippen LogP contribution is 2.43. The fourth-order valence-electron chi connectivity index (χ4n) is 4.03. The second-order valence-electron chi connectivity index (χ2n) is 7.80. The standard InChI is InChI=1S/C28H31N2O/c1-15(2)22-14-24(30(9)19(7)18(22)6)26-17(5)10-11-20-21-12-13-23(29-8)25(16(3)4)27(21)31-28(20)26/h10-16H,1-7,9H3/q+1/i1D3,3D3,6D3,14D,15D,16D. The molecule has 3 heteroatoms. The van der Waals surface area contributed by atoms with Crippen molar-refractivity contribution in [3.63, 3.8) is 0 Å². The lowest BCUT2D eigenvalue weighted by atomic mass is 9.92. The fraction of sp³-hybridized carbons (Fsp3) is 0.357. The number of nitrogens with zero attached hydrogens (tertiary/aromatic N) is 2. The Hall–Kier alpha value is -3.12. The summed E-state index contributed by atoms with van der Waals surface area (Å²) < 4.78 is 107. The average Bonchev–Trinajstić information content (AvgIpc) is 3.22. The molecule has 0 bridgehead atoms. The van der Waals surface area contributed by atoms with Crippen molar-refractivity contribution in [3.8, 4) is 11.3 Å². The summed E-state index contributed by atoms with van der Waals surface area (Å²) in [5.74, 6) is -4.69.